The molecule has 0 bridgehead atoms. The van der Waals surface area contributed by atoms with Gasteiger partial charge in [0.15, 0.2) is 6.67 Å². The van der Waals surface area contributed by atoms with E-state index in [9.17, 15) is 0 Å². The number of hydrogen-bond donors (Lipinski definition) is 1. The first-order chi connectivity index (χ1) is 21.1. The molecule has 6 rings (SSSR count). The van der Waals surface area contributed by atoms with Gasteiger partial charge in [-0.25, -0.2) is 0 Å². The highest BCUT2D eigenvalue weighted by atomic mass is 15.4. The molecule has 1 heterocycles. The summed E-state index contributed by atoms with van der Waals surface area (Å²) in [5.41, 5.74) is 16.7. The summed E-state index contributed by atoms with van der Waals surface area (Å²) in [6.45, 7) is 19.3. The highest BCUT2D eigenvalue weighted by Crippen LogP contribution is 2.43. The van der Waals surface area contributed by atoms with Gasteiger partial charge in [-0.3, -0.25) is 4.90 Å². The van der Waals surface area contributed by atoms with Crippen molar-refractivity contribution in [2.75, 3.05) is 11.6 Å². The molecule has 226 valence electrons. The third-order valence-electron chi connectivity index (χ3n) is 10.1. The molecule has 1 fully saturated rings. The van der Waals surface area contributed by atoms with Crippen molar-refractivity contribution in [3.8, 4) is 0 Å². The van der Waals surface area contributed by atoms with Gasteiger partial charge in [-0.2, -0.15) is 0 Å². The van der Waals surface area contributed by atoms with Gasteiger partial charge in [-0.1, -0.05) is 122 Å². The Hall–Kier alpha value is -3.88. The van der Waals surface area contributed by atoms with Gasteiger partial charge in [0, 0.05) is 23.2 Å². The molecule has 0 spiro atoms. The minimum absolute atomic E-state index is 0.200. The Bertz CT molecular complexity index is 1660. The molecule has 2 aliphatic rings. The maximum atomic E-state index is 2.74. The van der Waals surface area contributed by atoms with Gasteiger partial charge in [-0.15, -0.1) is 0 Å². The molecule has 1 saturated heterocycles. The number of hydrogen-bond acceptors (Lipinski definition) is 1. The van der Waals surface area contributed by atoms with Crippen LogP contribution in [0.2, 0.25) is 0 Å². The second kappa shape index (κ2) is 12.3. The third-order valence-corrected chi connectivity index (χ3v) is 10.1. The summed E-state index contributed by atoms with van der Waals surface area (Å²) >= 11 is 0. The molecule has 0 amide bonds. The van der Waals surface area contributed by atoms with Crippen molar-refractivity contribution in [3.05, 3.63) is 153 Å². The van der Waals surface area contributed by atoms with Crippen molar-refractivity contribution >= 4 is 11.3 Å². The third kappa shape index (κ3) is 5.57. The Kier molecular flexibility index (Phi) is 8.40. The summed E-state index contributed by atoms with van der Waals surface area (Å²) in [4.78, 5) is 4.32. The smallest absolute Gasteiger partial charge is 0.158 e. The van der Waals surface area contributed by atoms with Gasteiger partial charge in [0.05, 0.1) is 0 Å². The quantitative estimate of drug-likeness (QED) is 0.238. The van der Waals surface area contributed by atoms with E-state index in [4.69, 9.17) is 0 Å². The summed E-state index contributed by atoms with van der Waals surface area (Å²) in [7, 11) is 0. The predicted octanol–water partition coefficient (Wildman–Crippen LogP) is 9.33. The number of nitrogens with one attached hydrogen (secondary N) is 1. The number of rotatable bonds is 6. The largest absolute Gasteiger partial charge is 0.311 e. The van der Waals surface area contributed by atoms with Crippen molar-refractivity contribution in [1.29, 1.82) is 0 Å². The number of nitrogens with zero attached hydrogens (tertiary/aromatic N) is 1. The van der Waals surface area contributed by atoms with Gasteiger partial charge >= 0.3 is 0 Å². The minimum Gasteiger partial charge on any atom is -0.311 e. The van der Waals surface area contributed by atoms with E-state index in [0.717, 1.165) is 13.1 Å². The number of allylic oxidation sites excluding steroid dienone is 4. The molecule has 1 aliphatic carbocycles. The van der Waals surface area contributed by atoms with E-state index >= 15 is 0 Å². The van der Waals surface area contributed by atoms with E-state index < -0.39 is 0 Å². The summed E-state index contributed by atoms with van der Waals surface area (Å²) in [6, 6.07) is 32.5. The highest BCUT2D eigenvalue weighted by Gasteiger charge is 2.49. The molecule has 4 aromatic rings. The maximum Gasteiger partial charge on any atom is 0.158 e. The van der Waals surface area contributed by atoms with E-state index in [1.807, 2.05) is 0 Å². The topological polar surface area (TPSA) is 7.68 Å². The molecule has 0 radical (unpaired) electrons. The maximum absolute atomic E-state index is 2.74. The van der Waals surface area contributed by atoms with Gasteiger partial charge in [0.25, 0.3) is 0 Å². The fourth-order valence-electron chi connectivity index (χ4n) is 8.28. The van der Waals surface area contributed by atoms with Crippen molar-refractivity contribution in [2.45, 2.75) is 73.9 Å². The van der Waals surface area contributed by atoms with Crippen LogP contribution in [0.1, 0.15) is 82.4 Å². The lowest BCUT2D eigenvalue weighted by Gasteiger charge is -2.32. The van der Waals surface area contributed by atoms with E-state index in [-0.39, 0.29) is 12.1 Å². The molecule has 1 unspecified atom stereocenters. The lowest BCUT2D eigenvalue weighted by atomic mass is 9.81. The van der Waals surface area contributed by atoms with E-state index in [1.54, 1.807) is 10.6 Å². The first-order valence-electron chi connectivity index (χ1n) is 16.4. The van der Waals surface area contributed by atoms with Gasteiger partial charge in [0.1, 0.15) is 17.8 Å². The second-order valence-corrected chi connectivity index (χ2v) is 13.8. The number of benzene rings is 4. The molecule has 2 heteroatoms. The Labute approximate surface area is 265 Å². The molecule has 4 atom stereocenters. The molecule has 4 aromatic carbocycles. The fourth-order valence-corrected chi connectivity index (χ4v) is 8.28. The van der Waals surface area contributed by atoms with Crippen molar-refractivity contribution in [1.82, 2.24) is 0 Å². The zero-order valence-corrected chi connectivity index (χ0v) is 27.9. The Balaban J connectivity index is 1.63. The zero-order valence-electron chi connectivity index (χ0n) is 27.9. The minimum atomic E-state index is 0.200. The average molecular weight is 582 g/mol. The van der Waals surface area contributed by atoms with E-state index in [1.165, 1.54) is 61.3 Å². The molecule has 1 aliphatic heterocycles. The van der Waals surface area contributed by atoms with E-state index in [2.05, 4.69) is 157 Å². The SMILES string of the molecule is Cc1cc(C)c(C2=C([NH+]3CN(c4c(C)cc(C)cc4C)[C@@H](c4ccccc4)[C@@H]3c3ccccc3)C[C@@H](C(C)C)C=C2)c(C)c1. The normalized spacial score (nSPS) is 21.9. The monoisotopic (exact) mass is 581 g/mol. The molecule has 0 aromatic heterocycles. The Morgan fingerprint density at radius 3 is 1.75 bits per heavy atom. The number of aryl methyl sites for hydroxylation is 6. The van der Waals surface area contributed by atoms with Crippen molar-refractivity contribution in [3.63, 3.8) is 0 Å². The van der Waals surface area contributed by atoms with Crippen molar-refractivity contribution < 1.29 is 4.90 Å². The zero-order chi connectivity index (χ0) is 31.1. The summed E-state index contributed by atoms with van der Waals surface area (Å²) in [5.74, 6) is 1.11. The van der Waals surface area contributed by atoms with Crippen LogP contribution < -0.4 is 9.80 Å². The molecule has 1 N–H and O–H groups in total. The van der Waals surface area contributed by atoms with E-state index in [0.29, 0.717) is 11.8 Å². The van der Waals surface area contributed by atoms with Crippen LogP contribution in [0.3, 0.4) is 0 Å². The van der Waals surface area contributed by atoms with Crippen LogP contribution in [0.15, 0.2) is 103 Å². The van der Waals surface area contributed by atoms with Gasteiger partial charge < -0.3 is 4.90 Å². The van der Waals surface area contributed by atoms with Crippen LogP contribution in [0.5, 0.6) is 0 Å². The molecule has 44 heavy (non-hydrogen) atoms. The second-order valence-electron chi connectivity index (χ2n) is 13.8. The van der Waals surface area contributed by atoms with Crippen LogP contribution in [-0.4, -0.2) is 6.67 Å². The fraction of sp³-hybridized carbons (Fsp3) is 0.333. The predicted molar refractivity (Wildman–Crippen MR) is 187 cm³/mol. The molecular formula is C42H49N2+. The van der Waals surface area contributed by atoms with Crippen LogP contribution >= 0.6 is 0 Å². The highest BCUT2D eigenvalue weighted by molar-refractivity contribution is 5.80. The number of anilines is 1. The standard InChI is InChI=1S/C42H48N2/c1-27(2)36-19-20-37(39-30(5)21-28(3)22-31(39)6)38(25-36)43-26-44(40-32(7)23-29(4)24-33(40)8)42(35-17-13-10-14-18-35)41(43)34-15-11-9-12-16-34/h9-24,27,36,41-42H,25-26H2,1-8H3/p+1/t36-,41-,42-/m0/s1. The number of quaternary nitrogens is 1. The van der Waals surface area contributed by atoms with Gasteiger partial charge in [-0.05, 0) is 86.8 Å². The summed E-state index contributed by atoms with van der Waals surface area (Å²) in [6.07, 6.45) is 6.05. The van der Waals surface area contributed by atoms with Crippen molar-refractivity contribution in [2.24, 2.45) is 11.8 Å². The summed E-state index contributed by atoms with van der Waals surface area (Å²) in [5, 5.41) is 0. The van der Waals surface area contributed by atoms with Crippen LogP contribution in [-0.2, 0) is 0 Å². The van der Waals surface area contributed by atoms with Gasteiger partial charge in [0.2, 0.25) is 0 Å². The van der Waals surface area contributed by atoms with Crippen LogP contribution in [0.4, 0.5) is 5.69 Å². The van der Waals surface area contributed by atoms with Crippen LogP contribution in [0, 0.1) is 53.4 Å². The average Bonchev–Trinajstić information content (AvgIpc) is 3.37. The lowest BCUT2D eigenvalue weighted by molar-refractivity contribution is -0.881. The Morgan fingerprint density at radius 1 is 0.682 bits per heavy atom. The lowest BCUT2D eigenvalue weighted by Crippen LogP contribution is -3.09. The molecule has 2 nitrogen and oxygen atoms in total. The first-order valence-corrected chi connectivity index (χ1v) is 16.4. The van der Waals surface area contributed by atoms with Crippen LogP contribution in [0.25, 0.3) is 5.57 Å². The summed E-state index contributed by atoms with van der Waals surface area (Å²) < 4.78 is 0. The molecule has 0 saturated carbocycles. The Morgan fingerprint density at radius 2 is 1.20 bits per heavy atom. The first kappa shape index (κ1) is 30.2. The molecular weight excluding hydrogens is 532 g/mol.